The number of ether oxygens (including phenoxy) is 1. The van der Waals surface area contributed by atoms with Gasteiger partial charge < -0.3 is 10.1 Å². The number of carbonyl (C=O) groups is 1. The maximum Gasteiger partial charge on any atom is 0.347 e. The number of nitrogens with one attached hydrogen (secondary N) is 1. The Balaban J connectivity index is 1.58. The molecule has 1 amide bonds. The lowest BCUT2D eigenvalue weighted by molar-refractivity contribution is -0.121. The van der Waals surface area contributed by atoms with E-state index in [1.165, 1.54) is 23.6 Å². The molecule has 0 unspecified atom stereocenters. The molecule has 0 spiro atoms. The molecule has 1 aromatic heterocycles. The minimum absolute atomic E-state index is 0.0101. The largest absolute Gasteiger partial charge is 0.378 e. The van der Waals surface area contributed by atoms with Gasteiger partial charge in [-0.2, -0.15) is 0 Å². The fourth-order valence-electron chi connectivity index (χ4n) is 2.32. The van der Waals surface area contributed by atoms with Crippen molar-refractivity contribution in [1.82, 2.24) is 14.9 Å². The van der Waals surface area contributed by atoms with E-state index >= 15 is 0 Å². The number of nitrogens with zero attached hydrogens (tertiary/aromatic N) is 2. The zero-order valence-electron chi connectivity index (χ0n) is 11.6. The van der Waals surface area contributed by atoms with Crippen LogP contribution in [0.1, 0.15) is 32.1 Å². The third-order valence-corrected chi connectivity index (χ3v) is 3.40. The Morgan fingerprint density at radius 1 is 1.45 bits per heavy atom. The highest BCUT2D eigenvalue weighted by molar-refractivity contribution is 5.75. The van der Waals surface area contributed by atoms with Crippen LogP contribution in [0.2, 0.25) is 0 Å². The van der Waals surface area contributed by atoms with E-state index in [1.54, 1.807) is 12.3 Å². The average Bonchev–Trinajstić information content (AvgIpc) is 2.94. The number of hydrogen-bond acceptors (Lipinski definition) is 4. The van der Waals surface area contributed by atoms with Crippen LogP contribution < -0.4 is 11.0 Å². The molecule has 1 saturated carbocycles. The first-order valence-electron chi connectivity index (χ1n) is 7.15. The molecule has 0 bridgehead atoms. The maximum absolute atomic E-state index is 11.6. The summed E-state index contributed by atoms with van der Waals surface area (Å²) in [5.74, 6) is -0.180. The van der Waals surface area contributed by atoms with Crippen LogP contribution in [0.3, 0.4) is 0 Å². The lowest BCUT2D eigenvalue weighted by Gasteiger charge is -2.11. The molecule has 1 aromatic rings. The van der Waals surface area contributed by atoms with Gasteiger partial charge in [-0.15, -0.1) is 0 Å². The lowest BCUT2D eigenvalue weighted by Crippen LogP contribution is -2.33. The van der Waals surface area contributed by atoms with Crippen molar-refractivity contribution in [2.75, 3.05) is 13.2 Å². The molecule has 0 aliphatic heterocycles. The number of aromatic nitrogens is 2. The quantitative estimate of drug-likeness (QED) is 0.746. The molecule has 0 saturated heterocycles. The fraction of sp³-hybridized carbons (Fsp3) is 0.643. The highest BCUT2D eigenvalue weighted by atomic mass is 16.5. The predicted molar refractivity (Wildman–Crippen MR) is 74.3 cm³/mol. The average molecular weight is 279 g/mol. The van der Waals surface area contributed by atoms with Crippen molar-refractivity contribution in [2.24, 2.45) is 0 Å². The summed E-state index contributed by atoms with van der Waals surface area (Å²) in [6, 6.07) is 1.63. The van der Waals surface area contributed by atoms with Gasteiger partial charge in [0.1, 0.15) is 6.54 Å². The standard InChI is InChI=1S/C14H21N3O3/c18-13(11-17-9-3-7-16-14(17)19)15-8-4-10-20-12-5-1-2-6-12/h3,7,9,12H,1-2,4-6,8,10-11H2,(H,15,18). The summed E-state index contributed by atoms with van der Waals surface area (Å²) in [5.41, 5.74) is -0.410. The highest BCUT2D eigenvalue weighted by Gasteiger charge is 2.14. The molecule has 0 aromatic carbocycles. The van der Waals surface area contributed by atoms with Gasteiger partial charge in [0.2, 0.25) is 5.91 Å². The van der Waals surface area contributed by atoms with Gasteiger partial charge in [0.05, 0.1) is 6.10 Å². The van der Waals surface area contributed by atoms with E-state index in [4.69, 9.17) is 4.74 Å². The van der Waals surface area contributed by atoms with Crippen LogP contribution in [0.4, 0.5) is 0 Å². The van der Waals surface area contributed by atoms with Gasteiger partial charge in [-0.3, -0.25) is 9.36 Å². The smallest absolute Gasteiger partial charge is 0.347 e. The van der Waals surface area contributed by atoms with Gasteiger partial charge in [0.15, 0.2) is 0 Å². The summed E-state index contributed by atoms with van der Waals surface area (Å²) in [6.07, 6.45) is 9.04. The molecule has 6 heteroatoms. The van der Waals surface area contributed by atoms with E-state index in [0.717, 1.165) is 19.3 Å². The second kappa shape index (κ2) is 7.79. The molecule has 0 atom stereocenters. The molecular formula is C14H21N3O3. The topological polar surface area (TPSA) is 73.2 Å². The van der Waals surface area contributed by atoms with Gasteiger partial charge in [0.25, 0.3) is 0 Å². The van der Waals surface area contributed by atoms with Crippen LogP contribution in [-0.2, 0) is 16.1 Å². The van der Waals surface area contributed by atoms with Crippen molar-refractivity contribution in [3.05, 3.63) is 28.9 Å². The molecule has 20 heavy (non-hydrogen) atoms. The second-order valence-electron chi connectivity index (χ2n) is 5.01. The summed E-state index contributed by atoms with van der Waals surface area (Å²) < 4.78 is 6.99. The van der Waals surface area contributed by atoms with Crippen molar-refractivity contribution >= 4 is 5.91 Å². The molecule has 1 N–H and O–H groups in total. The van der Waals surface area contributed by atoms with E-state index in [-0.39, 0.29) is 12.5 Å². The van der Waals surface area contributed by atoms with Crippen molar-refractivity contribution < 1.29 is 9.53 Å². The number of carbonyl (C=O) groups excluding carboxylic acids is 1. The number of hydrogen-bond donors (Lipinski definition) is 1. The Hall–Kier alpha value is -1.69. The van der Waals surface area contributed by atoms with Gasteiger partial charge in [0, 0.05) is 25.5 Å². The molecule has 6 nitrogen and oxygen atoms in total. The summed E-state index contributed by atoms with van der Waals surface area (Å²) in [6.45, 7) is 1.26. The minimum Gasteiger partial charge on any atom is -0.378 e. The van der Waals surface area contributed by atoms with E-state index in [1.807, 2.05) is 0 Å². The van der Waals surface area contributed by atoms with Crippen molar-refractivity contribution in [2.45, 2.75) is 44.8 Å². The summed E-state index contributed by atoms with van der Waals surface area (Å²) >= 11 is 0. The lowest BCUT2D eigenvalue weighted by atomic mass is 10.3. The van der Waals surface area contributed by atoms with Crippen LogP contribution >= 0.6 is 0 Å². The molecule has 0 radical (unpaired) electrons. The zero-order valence-corrected chi connectivity index (χ0v) is 11.6. The molecule has 1 aliphatic rings. The van der Waals surface area contributed by atoms with Gasteiger partial charge in [-0.25, -0.2) is 9.78 Å². The molecular weight excluding hydrogens is 258 g/mol. The van der Waals surface area contributed by atoms with Crippen molar-refractivity contribution in [3.8, 4) is 0 Å². The summed E-state index contributed by atoms with van der Waals surface area (Å²) in [7, 11) is 0. The van der Waals surface area contributed by atoms with Crippen LogP contribution in [0.15, 0.2) is 23.3 Å². The van der Waals surface area contributed by atoms with Crippen LogP contribution in [0.5, 0.6) is 0 Å². The number of rotatable bonds is 7. The van der Waals surface area contributed by atoms with Crippen LogP contribution in [-0.4, -0.2) is 34.7 Å². The zero-order chi connectivity index (χ0) is 14.2. The summed E-state index contributed by atoms with van der Waals surface area (Å²) in [4.78, 5) is 26.6. The van der Waals surface area contributed by atoms with Crippen molar-refractivity contribution in [1.29, 1.82) is 0 Å². The highest BCUT2D eigenvalue weighted by Crippen LogP contribution is 2.20. The SMILES string of the molecule is O=C(Cn1cccnc1=O)NCCCOC1CCCC1. The first-order valence-corrected chi connectivity index (χ1v) is 7.15. The third-order valence-electron chi connectivity index (χ3n) is 3.40. The first kappa shape index (κ1) is 14.7. The third kappa shape index (κ3) is 4.77. The summed E-state index contributed by atoms with van der Waals surface area (Å²) in [5, 5.41) is 2.78. The number of amides is 1. The second-order valence-corrected chi connectivity index (χ2v) is 5.01. The van der Waals surface area contributed by atoms with E-state index in [2.05, 4.69) is 10.3 Å². The minimum atomic E-state index is -0.410. The molecule has 1 aliphatic carbocycles. The Morgan fingerprint density at radius 3 is 3.00 bits per heavy atom. The monoisotopic (exact) mass is 279 g/mol. The predicted octanol–water partition coefficient (Wildman–Crippen LogP) is 0.709. The first-order chi connectivity index (χ1) is 9.75. The van der Waals surface area contributed by atoms with Gasteiger partial charge >= 0.3 is 5.69 Å². The molecule has 1 heterocycles. The van der Waals surface area contributed by atoms with Gasteiger partial charge in [-0.1, -0.05) is 12.8 Å². The van der Waals surface area contributed by atoms with E-state index in [0.29, 0.717) is 19.3 Å². The molecule has 2 rings (SSSR count). The Morgan fingerprint density at radius 2 is 2.25 bits per heavy atom. The van der Waals surface area contributed by atoms with Crippen molar-refractivity contribution in [3.63, 3.8) is 0 Å². The molecule has 110 valence electrons. The Bertz CT molecular complexity index is 481. The maximum atomic E-state index is 11.6. The van der Waals surface area contributed by atoms with Crippen LogP contribution in [0.25, 0.3) is 0 Å². The van der Waals surface area contributed by atoms with Crippen LogP contribution in [0, 0.1) is 0 Å². The van der Waals surface area contributed by atoms with Gasteiger partial charge in [-0.05, 0) is 25.3 Å². The van der Waals surface area contributed by atoms with E-state index in [9.17, 15) is 9.59 Å². The normalized spacial score (nSPS) is 15.4. The fourth-order valence-corrected chi connectivity index (χ4v) is 2.32. The Kier molecular flexibility index (Phi) is 5.73. The molecule has 1 fully saturated rings. The Labute approximate surface area is 118 Å². The van der Waals surface area contributed by atoms with E-state index < -0.39 is 5.69 Å².